The van der Waals surface area contributed by atoms with E-state index in [4.69, 9.17) is 9.73 Å². The van der Waals surface area contributed by atoms with Crippen molar-refractivity contribution >= 4 is 17.4 Å². The summed E-state index contributed by atoms with van der Waals surface area (Å²) < 4.78 is 5.47. The summed E-state index contributed by atoms with van der Waals surface area (Å²) in [6.45, 7) is 1.90. The topological polar surface area (TPSA) is 81.8 Å². The molecule has 126 valence electrons. The Bertz CT molecular complexity index is 861. The van der Waals surface area contributed by atoms with Crippen LogP contribution in [0.4, 0.5) is 5.69 Å². The highest BCUT2D eigenvalue weighted by atomic mass is 16.6. The van der Waals surface area contributed by atoms with Crippen molar-refractivity contribution in [3.05, 3.63) is 75.8 Å². The third kappa shape index (κ3) is 2.50. The van der Waals surface area contributed by atoms with Crippen LogP contribution in [0.2, 0.25) is 0 Å². The molecular weight excluding hydrogens is 320 g/mol. The van der Waals surface area contributed by atoms with Crippen molar-refractivity contribution < 1.29 is 14.5 Å². The number of benzene rings is 2. The molecule has 0 aliphatic carbocycles. The molecule has 2 aromatic carbocycles. The number of carbonyl (C=O) groups excluding carboxylic acids is 1. The van der Waals surface area contributed by atoms with Crippen LogP contribution in [-0.4, -0.2) is 22.7 Å². The number of non-ortho nitro benzene ring substituents is 1. The number of nitro benzene ring substituents is 1. The zero-order chi connectivity index (χ0) is 17.6. The van der Waals surface area contributed by atoms with Crippen LogP contribution < -0.4 is 0 Å². The predicted octanol–water partition coefficient (Wildman–Crippen LogP) is 3.32. The number of fused-ring (bicyclic) bond motifs is 1. The number of hydrogen-bond donors (Lipinski definition) is 0. The van der Waals surface area contributed by atoms with Gasteiger partial charge in [0, 0.05) is 18.1 Å². The monoisotopic (exact) mass is 336 g/mol. The molecule has 0 radical (unpaired) electrons. The number of ether oxygens (including phenoxy) is 1. The maximum atomic E-state index is 12.4. The average Bonchev–Trinajstić information content (AvgIpc) is 3.15. The fourth-order valence-electron chi connectivity index (χ4n) is 3.77. The van der Waals surface area contributed by atoms with E-state index in [-0.39, 0.29) is 29.7 Å². The Morgan fingerprint density at radius 3 is 2.40 bits per heavy atom. The second kappa shape index (κ2) is 5.81. The third-order valence-corrected chi connectivity index (χ3v) is 4.94. The Balaban J connectivity index is 1.77. The van der Waals surface area contributed by atoms with Gasteiger partial charge < -0.3 is 4.74 Å². The summed E-state index contributed by atoms with van der Waals surface area (Å²) in [4.78, 5) is 27.6. The number of carbonyl (C=O) groups is 1. The van der Waals surface area contributed by atoms with Crippen LogP contribution in [0.3, 0.4) is 0 Å². The predicted molar refractivity (Wildman–Crippen MR) is 91.4 cm³/mol. The van der Waals surface area contributed by atoms with E-state index in [0.717, 1.165) is 11.1 Å². The first-order chi connectivity index (χ1) is 12.1. The number of cyclic esters (lactones) is 1. The summed E-state index contributed by atoms with van der Waals surface area (Å²) in [7, 11) is 0. The molecule has 0 spiro atoms. The maximum Gasteiger partial charge on any atom is 0.315 e. The smallest absolute Gasteiger partial charge is 0.315 e. The summed E-state index contributed by atoms with van der Waals surface area (Å²) in [6.07, 6.45) is -0.220. The molecule has 2 aromatic rings. The van der Waals surface area contributed by atoms with Gasteiger partial charge in [-0.1, -0.05) is 30.3 Å². The van der Waals surface area contributed by atoms with Gasteiger partial charge in [-0.15, -0.1) is 0 Å². The summed E-state index contributed by atoms with van der Waals surface area (Å²) in [5.74, 6) is -0.755. The summed E-state index contributed by atoms with van der Waals surface area (Å²) >= 11 is 0. The number of nitrogens with zero attached hydrogens (tertiary/aromatic N) is 2. The van der Waals surface area contributed by atoms with Crippen LogP contribution >= 0.6 is 0 Å². The fourth-order valence-corrected chi connectivity index (χ4v) is 3.77. The van der Waals surface area contributed by atoms with E-state index in [1.54, 1.807) is 12.1 Å². The minimum absolute atomic E-state index is 0.0147. The van der Waals surface area contributed by atoms with Crippen molar-refractivity contribution in [3.63, 3.8) is 0 Å². The van der Waals surface area contributed by atoms with Gasteiger partial charge in [0.1, 0.15) is 12.0 Å². The third-order valence-electron chi connectivity index (χ3n) is 4.94. The highest BCUT2D eigenvalue weighted by molar-refractivity contribution is 6.14. The minimum Gasteiger partial charge on any atom is -0.462 e. The first-order valence-corrected chi connectivity index (χ1v) is 8.14. The molecule has 1 saturated heterocycles. The molecule has 0 amide bonds. The molecule has 2 aliphatic rings. The van der Waals surface area contributed by atoms with Crippen LogP contribution in [0, 0.1) is 22.0 Å². The van der Waals surface area contributed by atoms with Gasteiger partial charge >= 0.3 is 5.97 Å². The van der Waals surface area contributed by atoms with Crippen molar-refractivity contribution in [3.8, 4) is 0 Å². The number of esters is 1. The summed E-state index contributed by atoms with van der Waals surface area (Å²) in [6, 6.07) is 15.9. The molecule has 4 atom stereocenters. The Labute approximate surface area is 144 Å². The first-order valence-electron chi connectivity index (χ1n) is 8.14. The number of nitro groups is 1. The van der Waals surface area contributed by atoms with Gasteiger partial charge in [-0.2, -0.15) is 0 Å². The van der Waals surface area contributed by atoms with Crippen LogP contribution in [0.15, 0.2) is 59.6 Å². The van der Waals surface area contributed by atoms with Crippen LogP contribution in [0.5, 0.6) is 0 Å². The lowest BCUT2D eigenvalue weighted by Crippen LogP contribution is -2.24. The van der Waals surface area contributed by atoms with Gasteiger partial charge in [-0.3, -0.25) is 19.9 Å². The lowest BCUT2D eigenvalue weighted by Gasteiger charge is -2.19. The summed E-state index contributed by atoms with van der Waals surface area (Å²) in [5.41, 5.74) is 2.44. The molecular formula is C19H16N2O4. The fraction of sp³-hybridized carbons (Fsp3) is 0.263. The van der Waals surface area contributed by atoms with Crippen molar-refractivity contribution in [2.75, 3.05) is 0 Å². The first kappa shape index (κ1) is 15.5. The van der Waals surface area contributed by atoms with Gasteiger partial charge in [0.2, 0.25) is 0 Å². The molecule has 0 bridgehead atoms. The molecule has 1 fully saturated rings. The van der Waals surface area contributed by atoms with Crippen LogP contribution in [0.1, 0.15) is 24.1 Å². The minimum atomic E-state index is -0.443. The molecule has 2 aliphatic heterocycles. The molecule has 2 heterocycles. The standard InChI is InChI=1S/C19H16N2O4/c1-11-15-16(19(22)25-11)18(13-7-9-14(10-8-13)21(23)24)20-17(15)12-5-3-2-4-6-12/h2-11,15-17H,1H3/t11-,15-,16+,17+/m0/s1. The Morgan fingerprint density at radius 1 is 1.08 bits per heavy atom. The second-order valence-corrected chi connectivity index (χ2v) is 6.37. The zero-order valence-electron chi connectivity index (χ0n) is 13.5. The van der Waals surface area contributed by atoms with Crippen LogP contribution in [0.25, 0.3) is 0 Å². The molecule has 0 aromatic heterocycles. The molecule has 0 unspecified atom stereocenters. The maximum absolute atomic E-state index is 12.4. The van der Waals surface area contributed by atoms with Crippen molar-refractivity contribution in [1.29, 1.82) is 0 Å². The SMILES string of the molecule is C[C@@H]1OC(=O)[C@H]2C(c3ccc([N+](=O)[O-])cc3)=N[C@H](c3ccccc3)[C@H]21. The lowest BCUT2D eigenvalue weighted by molar-refractivity contribution is -0.384. The number of rotatable bonds is 3. The van der Waals surface area contributed by atoms with E-state index in [0.29, 0.717) is 5.71 Å². The van der Waals surface area contributed by atoms with Crippen molar-refractivity contribution in [1.82, 2.24) is 0 Å². The van der Waals surface area contributed by atoms with Gasteiger partial charge in [-0.05, 0) is 30.2 Å². The van der Waals surface area contributed by atoms with E-state index >= 15 is 0 Å². The molecule has 6 nitrogen and oxygen atoms in total. The van der Waals surface area contributed by atoms with E-state index in [1.165, 1.54) is 12.1 Å². The molecule has 6 heteroatoms. The molecule has 0 N–H and O–H groups in total. The largest absolute Gasteiger partial charge is 0.462 e. The zero-order valence-corrected chi connectivity index (χ0v) is 13.5. The lowest BCUT2D eigenvalue weighted by atomic mass is 9.81. The van der Waals surface area contributed by atoms with Crippen LogP contribution in [-0.2, 0) is 9.53 Å². The normalized spacial score (nSPS) is 27.6. The van der Waals surface area contributed by atoms with Gasteiger partial charge in [0.25, 0.3) is 5.69 Å². The van der Waals surface area contributed by atoms with E-state index in [2.05, 4.69) is 0 Å². The van der Waals surface area contributed by atoms with E-state index < -0.39 is 10.8 Å². The van der Waals surface area contributed by atoms with Gasteiger partial charge in [-0.25, -0.2) is 0 Å². The Kier molecular flexibility index (Phi) is 3.60. The Morgan fingerprint density at radius 2 is 1.76 bits per heavy atom. The highest BCUT2D eigenvalue weighted by Crippen LogP contribution is 2.47. The number of hydrogen-bond acceptors (Lipinski definition) is 5. The van der Waals surface area contributed by atoms with Crippen molar-refractivity contribution in [2.24, 2.45) is 16.8 Å². The van der Waals surface area contributed by atoms with Gasteiger partial charge in [0.15, 0.2) is 0 Å². The average molecular weight is 336 g/mol. The van der Waals surface area contributed by atoms with E-state index in [1.807, 2.05) is 37.3 Å². The molecule has 25 heavy (non-hydrogen) atoms. The number of aliphatic imine (C=N–C) groups is 1. The molecule has 4 rings (SSSR count). The summed E-state index contributed by atoms with van der Waals surface area (Å²) in [5, 5.41) is 10.8. The highest BCUT2D eigenvalue weighted by Gasteiger charge is 2.53. The van der Waals surface area contributed by atoms with Crippen molar-refractivity contribution in [2.45, 2.75) is 19.1 Å². The Hall–Kier alpha value is -3.02. The second-order valence-electron chi connectivity index (χ2n) is 6.37. The molecule has 0 saturated carbocycles. The quantitative estimate of drug-likeness (QED) is 0.489. The van der Waals surface area contributed by atoms with E-state index in [9.17, 15) is 14.9 Å². The van der Waals surface area contributed by atoms with Gasteiger partial charge in [0.05, 0.1) is 16.7 Å².